The summed E-state index contributed by atoms with van der Waals surface area (Å²) in [6.07, 6.45) is -8.67. The molecule has 3 N–H and O–H groups in total. The molecule has 0 heterocycles. The molecule has 0 aromatic carbocycles. The number of unbranched alkanes of at least 4 members (excludes halogenated alkanes) is 5. The molecule has 4 nitrogen and oxygen atoms in total. The molecule has 0 unspecified atom stereocenters. The summed E-state index contributed by atoms with van der Waals surface area (Å²) < 4.78 is 241. The second-order valence-electron chi connectivity index (χ2n) is 7.41. The molecule has 40 heavy (non-hydrogen) atoms. The van der Waals surface area contributed by atoms with Crippen molar-refractivity contribution in [3.05, 3.63) is 0 Å². The van der Waals surface area contributed by atoms with Crippen LogP contribution in [0.4, 0.5) is 83.4 Å². The van der Waals surface area contributed by atoms with Gasteiger partial charge in [0.05, 0.1) is 6.67 Å². The Morgan fingerprint density at radius 1 is 0.450 bits per heavy atom. The van der Waals surface area contributed by atoms with Crippen molar-refractivity contribution >= 4 is 7.82 Å². The Morgan fingerprint density at radius 2 is 0.650 bits per heavy atom. The Labute approximate surface area is 211 Å². The van der Waals surface area contributed by atoms with E-state index >= 15 is 0 Å². The van der Waals surface area contributed by atoms with Gasteiger partial charge in [-0.1, -0.05) is 39.0 Å². The van der Waals surface area contributed by atoms with Crippen LogP contribution in [-0.4, -0.2) is 69.2 Å². The van der Waals surface area contributed by atoms with Crippen molar-refractivity contribution in [3.63, 3.8) is 0 Å². The highest BCUT2D eigenvalue weighted by Gasteiger charge is 2.95. The van der Waals surface area contributed by atoms with Gasteiger partial charge in [0.2, 0.25) is 0 Å². The maximum Gasteiger partial charge on any atom is 0.466 e. The quantitative estimate of drug-likeness (QED) is 0.118. The molecule has 0 aromatic heterocycles. The van der Waals surface area contributed by atoms with E-state index in [-0.39, 0.29) is 6.67 Å². The summed E-state index contributed by atoms with van der Waals surface area (Å²) in [5.41, 5.74) is 0. The number of rotatable bonds is 11. The van der Waals surface area contributed by atoms with Gasteiger partial charge in [0.15, 0.2) is 0 Å². The van der Waals surface area contributed by atoms with Gasteiger partial charge >= 0.3 is 55.7 Å². The van der Waals surface area contributed by atoms with Crippen molar-refractivity contribution in [1.82, 2.24) is 0 Å². The molecule has 0 aliphatic carbocycles. The number of halogens is 19. The van der Waals surface area contributed by atoms with Gasteiger partial charge in [0, 0.05) is 0 Å². The lowest BCUT2D eigenvalue weighted by Gasteiger charge is -2.41. The van der Waals surface area contributed by atoms with Crippen LogP contribution in [0.5, 0.6) is 0 Å². The molecule has 0 fully saturated rings. The minimum Gasteiger partial charge on any atom is -0.303 e. The first kappa shape index (κ1) is 43.2. The van der Waals surface area contributed by atoms with Gasteiger partial charge in [0.25, 0.3) is 0 Å². The molecular weight excluding hydrogens is 648 g/mol. The number of phosphoric acid groups is 1. The molecule has 0 saturated heterocycles. The molecule has 246 valence electrons. The first-order valence-corrected chi connectivity index (χ1v) is 11.5. The van der Waals surface area contributed by atoms with Gasteiger partial charge < -0.3 is 14.7 Å². The molecule has 0 aromatic rings. The zero-order chi connectivity index (χ0) is 33.4. The first-order chi connectivity index (χ1) is 17.2. The SMILES string of the molecule is CCCCCCCCF.FC(F)(F)C(F)(F)C(F)(F)C(F)(F)C(F)(F)C(F)(F)C(F)(F)C(F)(F)F.O=P(O)(O)O. The van der Waals surface area contributed by atoms with Crippen molar-refractivity contribution in [2.45, 2.75) is 93.3 Å². The van der Waals surface area contributed by atoms with Gasteiger partial charge in [0.1, 0.15) is 0 Å². The molecule has 0 saturated carbocycles. The van der Waals surface area contributed by atoms with Crippen LogP contribution in [0.25, 0.3) is 0 Å². The van der Waals surface area contributed by atoms with E-state index in [0.29, 0.717) is 0 Å². The monoisotopic (exact) mass is 668 g/mol. The first-order valence-electron chi connectivity index (χ1n) is 9.91. The molecule has 0 aliphatic heterocycles. The summed E-state index contributed by atoms with van der Waals surface area (Å²) in [7, 11) is -4.64. The molecule has 0 radical (unpaired) electrons. The Hall–Kier alpha value is -1.22. The smallest absolute Gasteiger partial charge is 0.303 e. The predicted molar refractivity (Wildman–Crippen MR) is 95.4 cm³/mol. The average molecular weight is 668 g/mol. The summed E-state index contributed by atoms with van der Waals surface area (Å²) in [6.45, 7) is 2.06. The maximum absolute atomic E-state index is 12.8. The third-order valence-electron chi connectivity index (χ3n) is 4.17. The molecule has 0 aliphatic rings. The molecule has 0 rings (SSSR count). The summed E-state index contributed by atoms with van der Waals surface area (Å²) in [6, 6.07) is 0. The van der Waals surface area contributed by atoms with Gasteiger partial charge in [-0.25, -0.2) is 4.57 Å². The molecule has 0 spiro atoms. The summed E-state index contributed by atoms with van der Waals surface area (Å²) in [4.78, 5) is 21.6. The second kappa shape index (κ2) is 14.3. The Balaban J connectivity index is -0.000000798. The van der Waals surface area contributed by atoms with Crippen LogP contribution in [-0.2, 0) is 4.57 Å². The van der Waals surface area contributed by atoms with Crippen LogP contribution >= 0.6 is 7.82 Å². The van der Waals surface area contributed by atoms with Crippen molar-refractivity contribution in [1.29, 1.82) is 0 Å². The standard InChI is InChI=1S/C8F18.C8H17F.H3O4P/c9-1(10,3(13,14)5(17,18)7(21,22)23)2(11,12)4(15,16)6(19,20)8(24,25)26;1-2-3-4-5-6-7-8-9;1-5(2,3)4/h;2-8H2,1H3;(H3,1,2,3,4). The lowest BCUT2D eigenvalue weighted by molar-refractivity contribution is -0.468. The molecular formula is C16H20F19O4P. The minimum atomic E-state index is -8.72. The lowest BCUT2D eigenvalue weighted by atomic mass is 9.91. The molecule has 0 atom stereocenters. The van der Waals surface area contributed by atoms with E-state index in [1.165, 1.54) is 25.7 Å². The van der Waals surface area contributed by atoms with Crippen molar-refractivity contribution in [2.24, 2.45) is 0 Å². The summed E-state index contributed by atoms with van der Waals surface area (Å²) in [5.74, 6) is -51.0. The van der Waals surface area contributed by atoms with Crippen LogP contribution in [0.15, 0.2) is 0 Å². The van der Waals surface area contributed by atoms with Gasteiger partial charge in [-0.15, -0.1) is 0 Å². The topological polar surface area (TPSA) is 77.8 Å². The Morgan fingerprint density at radius 3 is 0.850 bits per heavy atom. The van der Waals surface area contributed by atoms with Gasteiger partial charge in [-0.05, 0) is 6.42 Å². The predicted octanol–water partition coefficient (Wildman–Crippen LogP) is 8.31. The molecule has 0 amide bonds. The van der Waals surface area contributed by atoms with Crippen molar-refractivity contribution < 1.29 is 103 Å². The highest BCUT2D eigenvalue weighted by atomic mass is 31.2. The second-order valence-corrected chi connectivity index (χ2v) is 8.44. The van der Waals surface area contributed by atoms with Crippen LogP contribution in [0.1, 0.15) is 45.4 Å². The number of hydrogen-bond donors (Lipinski definition) is 3. The number of alkyl halides is 19. The van der Waals surface area contributed by atoms with Gasteiger partial charge in [-0.3, -0.25) is 4.39 Å². The van der Waals surface area contributed by atoms with Crippen LogP contribution in [0.3, 0.4) is 0 Å². The van der Waals surface area contributed by atoms with E-state index in [1.54, 1.807) is 0 Å². The maximum atomic E-state index is 12.8. The van der Waals surface area contributed by atoms with E-state index in [0.717, 1.165) is 12.8 Å². The summed E-state index contributed by atoms with van der Waals surface area (Å²) in [5, 5.41) is 0. The van der Waals surface area contributed by atoms with Crippen molar-refractivity contribution in [2.75, 3.05) is 6.67 Å². The highest BCUT2D eigenvalue weighted by molar-refractivity contribution is 7.45. The Bertz CT molecular complexity index is 726. The highest BCUT2D eigenvalue weighted by Crippen LogP contribution is 2.64. The van der Waals surface area contributed by atoms with E-state index in [1.807, 2.05) is 0 Å². The largest absolute Gasteiger partial charge is 0.466 e. The van der Waals surface area contributed by atoms with Crippen molar-refractivity contribution in [3.8, 4) is 0 Å². The average Bonchev–Trinajstić information content (AvgIpc) is 2.70. The summed E-state index contributed by atoms with van der Waals surface area (Å²) >= 11 is 0. The van der Waals surface area contributed by atoms with Crippen LogP contribution < -0.4 is 0 Å². The van der Waals surface area contributed by atoms with E-state index in [4.69, 9.17) is 19.2 Å². The third-order valence-corrected chi connectivity index (χ3v) is 4.17. The lowest BCUT2D eigenvalue weighted by Crippen LogP contribution is -2.74. The van der Waals surface area contributed by atoms with Gasteiger partial charge in [-0.2, -0.15) is 79.0 Å². The molecule has 0 bridgehead atoms. The zero-order valence-corrected chi connectivity index (χ0v) is 20.2. The Kier molecular flexibility index (Phi) is 15.5. The molecule has 24 heteroatoms. The van der Waals surface area contributed by atoms with E-state index < -0.39 is 55.7 Å². The van der Waals surface area contributed by atoms with E-state index in [9.17, 15) is 83.4 Å². The zero-order valence-electron chi connectivity index (χ0n) is 19.3. The fourth-order valence-electron chi connectivity index (χ4n) is 2.02. The number of hydrogen-bond acceptors (Lipinski definition) is 1. The van der Waals surface area contributed by atoms with Crippen LogP contribution in [0.2, 0.25) is 0 Å². The fourth-order valence-corrected chi connectivity index (χ4v) is 2.02. The van der Waals surface area contributed by atoms with E-state index in [2.05, 4.69) is 6.92 Å². The minimum absolute atomic E-state index is 0.133. The van der Waals surface area contributed by atoms with Crippen LogP contribution in [0, 0.1) is 0 Å². The normalized spacial score (nSPS) is 14.7. The third kappa shape index (κ3) is 10.2. The fraction of sp³-hybridized carbons (Fsp3) is 1.00.